The Morgan fingerprint density at radius 3 is 2.59 bits per heavy atom. The molecule has 1 aliphatic carbocycles. The number of fused-ring (bicyclic) bond motifs is 1. The summed E-state index contributed by atoms with van der Waals surface area (Å²) in [5.74, 6) is -0.410. The summed E-state index contributed by atoms with van der Waals surface area (Å²) >= 11 is 6.72. The zero-order valence-electron chi connectivity index (χ0n) is 20.9. The summed E-state index contributed by atoms with van der Waals surface area (Å²) in [7, 11) is -2.22. The number of halogens is 1. The second-order valence-electron chi connectivity index (χ2n) is 9.48. The Kier molecular flexibility index (Phi) is 7.29. The normalized spacial score (nSPS) is 20.3. The van der Waals surface area contributed by atoms with Crippen LogP contribution in [0.15, 0.2) is 58.0 Å². The summed E-state index contributed by atoms with van der Waals surface area (Å²) in [4.78, 5) is 18.4. The number of hydrogen-bond acceptors (Lipinski definition) is 7. The highest BCUT2D eigenvalue weighted by Crippen LogP contribution is 2.44. The third kappa shape index (κ3) is 4.87. The smallest absolute Gasteiger partial charge is 0.375 e. The average Bonchev–Trinajstić information content (AvgIpc) is 3.37. The van der Waals surface area contributed by atoms with Crippen LogP contribution in [0.1, 0.15) is 49.6 Å². The zero-order valence-corrected chi connectivity index (χ0v) is 22.5. The molecule has 1 saturated carbocycles. The molecule has 196 valence electrons. The van der Waals surface area contributed by atoms with Crippen LogP contribution < -0.4 is 4.90 Å². The van der Waals surface area contributed by atoms with Crippen molar-refractivity contribution < 1.29 is 22.4 Å². The van der Waals surface area contributed by atoms with Crippen molar-refractivity contribution in [3.8, 4) is 11.5 Å². The van der Waals surface area contributed by atoms with Crippen LogP contribution in [0.2, 0.25) is 5.02 Å². The van der Waals surface area contributed by atoms with Gasteiger partial charge in [-0.05, 0) is 49.9 Å². The lowest BCUT2D eigenvalue weighted by Gasteiger charge is -2.36. The maximum atomic E-state index is 14.1. The van der Waals surface area contributed by atoms with Gasteiger partial charge in [0, 0.05) is 25.3 Å². The molecule has 8 nitrogen and oxygen atoms in total. The van der Waals surface area contributed by atoms with E-state index >= 15 is 0 Å². The zero-order chi connectivity index (χ0) is 26.2. The molecule has 2 heterocycles. The van der Waals surface area contributed by atoms with Crippen molar-refractivity contribution in [3.63, 3.8) is 0 Å². The lowest BCUT2D eigenvalue weighted by Crippen LogP contribution is -2.46. The SMILES string of the molecule is CCOC(=O)c1cnc(-c2cc3c(cc2Cl)N(c2ccccc2)C[C@@H](C2CCCCC2)N(C)S3(=O)=O)o1. The molecule has 2 aromatic carbocycles. The van der Waals surface area contributed by atoms with Gasteiger partial charge >= 0.3 is 5.97 Å². The molecule has 1 fully saturated rings. The topological polar surface area (TPSA) is 93.0 Å². The van der Waals surface area contributed by atoms with Gasteiger partial charge in [0.25, 0.3) is 0 Å². The van der Waals surface area contributed by atoms with Crippen molar-refractivity contribution >= 4 is 39.0 Å². The molecule has 1 atom stereocenters. The second kappa shape index (κ2) is 10.5. The largest absolute Gasteiger partial charge is 0.460 e. The number of nitrogens with zero attached hydrogens (tertiary/aromatic N) is 3. The Bertz CT molecular complexity index is 1390. The fraction of sp³-hybridized carbons (Fsp3) is 0.407. The van der Waals surface area contributed by atoms with Crippen LogP contribution in [0.25, 0.3) is 11.5 Å². The van der Waals surface area contributed by atoms with Gasteiger partial charge in [0.05, 0.1) is 29.1 Å². The van der Waals surface area contributed by atoms with Gasteiger partial charge in [0.1, 0.15) is 4.90 Å². The third-order valence-corrected chi connectivity index (χ3v) is 9.53. The number of aromatic nitrogens is 1. The van der Waals surface area contributed by atoms with E-state index in [4.69, 9.17) is 20.8 Å². The van der Waals surface area contributed by atoms with Gasteiger partial charge in [-0.25, -0.2) is 18.2 Å². The number of rotatable bonds is 5. The molecular weight excluding hydrogens is 514 g/mol. The highest BCUT2D eigenvalue weighted by atomic mass is 35.5. The summed E-state index contributed by atoms with van der Waals surface area (Å²) in [5, 5.41) is 0.269. The number of oxazole rings is 1. The Morgan fingerprint density at radius 2 is 1.89 bits per heavy atom. The van der Waals surface area contributed by atoms with E-state index < -0.39 is 16.0 Å². The van der Waals surface area contributed by atoms with E-state index in [1.54, 1.807) is 20.0 Å². The number of anilines is 2. The number of esters is 1. The van der Waals surface area contributed by atoms with Crippen LogP contribution in [-0.4, -0.2) is 49.9 Å². The summed E-state index contributed by atoms with van der Waals surface area (Å²) in [5.41, 5.74) is 1.68. The quantitative estimate of drug-likeness (QED) is 0.370. The first kappa shape index (κ1) is 25.8. The van der Waals surface area contributed by atoms with E-state index in [0.717, 1.165) is 31.4 Å². The first-order valence-electron chi connectivity index (χ1n) is 12.6. The molecule has 0 amide bonds. The monoisotopic (exact) mass is 543 g/mol. The first-order chi connectivity index (χ1) is 17.8. The van der Waals surface area contributed by atoms with Gasteiger partial charge in [-0.2, -0.15) is 4.31 Å². The van der Waals surface area contributed by atoms with Crippen molar-refractivity contribution in [1.29, 1.82) is 0 Å². The van der Waals surface area contributed by atoms with Crippen molar-refractivity contribution in [3.05, 3.63) is 59.4 Å². The van der Waals surface area contributed by atoms with E-state index in [1.165, 1.54) is 23.0 Å². The number of ether oxygens (including phenoxy) is 1. The average molecular weight is 544 g/mol. The van der Waals surface area contributed by atoms with E-state index in [9.17, 15) is 13.2 Å². The fourth-order valence-electron chi connectivity index (χ4n) is 5.37. The van der Waals surface area contributed by atoms with Gasteiger partial charge in [0.2, 0.25) is 21.7 Å². The van der Waals surface area contributed by atoms with E-state index in [1.807, 2.05) is 35.2 Å². The molecule has 0 N–H and O–H groups in total. The fourth-order valence-corrected chi connectivity index (χ4v) is 7.22. The van der Waals surface area contributed by atoms with Crippen molar-refractivity contribution in [2.45, 2.75) is 50.0 Å². The van der Waals surface area contributed by atoms with Crippen LogP contribution in [0, 0.1) is 5.92 Å². The number of likely N-dealkylation sites (N-methyl/N-ethyl adjacent to an activating group) is 1. The Labute approximate surface area is 222 Å². The van der Waals surface area contributed by atoms with Crippen LogP contribution in [0.4, 0.5) is 11.4 Å². The summed E-state index contributed by atoms with van der Waals surface area (Å²) in [6.07, 6.45) is 6.66. The molecule has 0 radical (unpaired) electrons. The van der Waals surface area contributed by atoms with Crippen molar-refractivity contribution in [2.75, 3.05) is 25.1 Å². The van der Waals surface area contributed by atoms with Crippen LogP contribution in [0.5, 0.6) is 0 Å². The Balaban J connectivity index is 1.65. The third-order valence-electron chi connectivity index (χ3n) is 7.31. The molecule has 1 aromatic heterocycles. The maximum absolute atomic E-state index is 14.1. The Hall–Kier alpha value is -2.88. The van der Waals surface area contributed by atoms with Crippen molar-refractivity contribution in [2.24, 2.45) is 5.92 Å². The summed E-state index contributed by atoms with van der Waals surface area (Å²) < 4.78 is 40.3. The molecule has 5 rings (SSSR count). The minimum Gasteiger partial charge on any atom is -0.460 e. The molecule has 2 aliphatic rings. The Morgan fingerprint density at radius 1 is 1.16 bits per heavy atom. The standard InChI is InChI=1S/C27H30ClN3O5S/c1-3-35-27(32)24-16-29-26(36-24)20-14-25-22(15-21(20)28)31(19-12-8-5-9-13-19)17-23(30(2)37(25,33)34)18-10-6-4-7-11-18/h5,8-9,12-16,18,23H,3-4,6-7,10-11,17H2,1-2H3/t23-/m0/s1. The van der Waals surface area contributed by atoms with E-state index in [-0.39, 0.29) is 45.7 Å². The lowest BCUT2D eigenvalue weighted by molar-refractivity contribution is 0.0491. The van der Waals surface area contributed by atoms with Gasteiger partial charge in [-0.3, -0.25) is 0 Å². The molecular formula is C27H30ClN3O5S. The number of para-hydroxylation sites is 1. The second-order valence-corrected chi connectivity index (χ2v) is 11.9. The first-order valence-corrected chi connectivity index (χ1v) is 14.4. The summed E-state index contributed by atoms with van der Waals surface area (Å²) in [6.45, 7) is 2.40. The molecule has 1 aliphatic heterocycles. The molecule has 0 spiro atoms. The van der Waals surface area contributed by atoms with Crippen molar-refractivity contribution in [1.82, 2.24) is 9.29 Å². The van der Waals surface area contributed by atoms with Crippen LogP contribution in [-0.2, 0) is 14.8 Å². The summed E-state index contributed by atoms with van der Waals surface area (Å²) in [6, 6.07) is 12.7. The predicted molar refractivity (Wildman–Crippen MR) is 142 cm³/mol. The van der Waals surface area contributed by atoms with Crippen LogP contribution >= 0.6 is 11.6 Å². The molecule has 0 bridgehead atoms. The van der Waals surface area contributed by atoms with Gasteiger partial charge in [-0.15, -0.1) is 0 Å². The molecule has 3 aromatic rings. The highest BCUT2D eigenvalue weighted by Gasteiger charge is 2.41. The number of benzene rings is 2. The van der Waals surface area contributed by atoms with E-state index in [2.05, 4.69) is 4.98 Å². The molecule has 0 saturated heterocycles. The van der Waals surface area contributed by atoms with Crippen LogP contribution in [0.3, 0.4) is 0 Å². The number of hydrogen-bond donors (Lipinski definition) is 0. The van der Waals surface area contributed by atoms with Gasteiger partial charge in [-0.1, -0.05) is 49.1 Å². The maximum Gasteiger partial charge on any atom is 0.375 e. The lowest BCUT2D eigenvalue weighted by atomic mass is 9.83. The molecule has 37 heavy (non-hydrogen) atoms. The van der Waals surface area contributed by atoms with Gasteiger partial charge in [0.15, 0.2) is 0 Å². The minimum atomic E-state index is -3.89. The number of carbonyl (C=O) groups excluding carboxylic acids is 1. The molecule has 10 heteroatoms. The highest BCUT2D eigenvalue weighted by molar-refractivity contribution is 7.89. The molecule has 0 unspecified atom stereocenters. The number of carbonyl (C=O) groups is 1. The minimum absolute atomic E-state index is 0.0491. The predicted octanol–water partition coefficient (Wildman–Crippen LogP) is 5.89. The van der Waals surface area contributed by atoms with E-state index in [0.29, 0.717) is 12.2 Å². The number of sulfonamides is 1. The van der Waals surface area contributed by atoms with Gasteiger partial charge < -0.3 is 14.1 Å².